The van der Waals surface area contributed by atoms with E-state index in [-0.39, 0.29) is 0 Å². The van der Waals surface area contributed by atoms with Gasteiger partial charge in [-0.15, -0.1) is 0 Å². The van der Waals surface area contributed by atoms with Gasteiger partial charge in [-0.3, -0.25) is 10.6 Å². The lowest BCUT2D eigenvalue weighted by molar-refractivity contribution is 0.101. The highest BCUT2D eigenvalue weighted by Crippen LogP contribution is 2.40. The SMILES string of the molecule is C1CCC([C@H]2CCC[C@H]2NC2NC3CCC2CC3)CC1. The van der Waals surface area contributed by atoms with Crippen LogP contribution in [0.25, 0.3) is 0 Å². The van der Waals surface area contributed by atoms with Gasteiger partial charge in [0.15, 0.2) is 0 Å². The zero-order chi connectivity index (χ0) is 13.4. The van der Waals surface area contributed by atoms with Crippen molar-refractivity contribution in [2.45, 2.75) is 95.3 Å². The molecule has 0 spiro atoms. The highest BCUT2D eigenvalue weighted by molar-refractivity contribution is 4.96. The van der Waals surface area contributed by atoms with Crippen molar-refractivity contribution in [3.05, 3.63) is 0 Å². The van der Waals surface area contributed by atoms with E-state index in [1.807, 2.05) is 0 Å². The lowest BCUT2D eigenvalue weighted by atomic mass is 9.76. The Morgan fingerprint density at radius 3 is 2.15 bits per heavy atom. The average Bonchev–Trinajstić information content (AvgIpc) is 2.97. The highest BCUT2D eigenvalue weighted by atomic mass is 15.2. The lowest BCUT2D eigenvalue weighted by Gasteiger charge is -2.46. The maximum atomic E-state index is 4.09. The Labute approximate surface area is 124 Å². The molecule has 2 N–H and O–H groups in total. The van der Waals surface area contributed by atoms with Gasteiger partial charge in [0.05, 0.1) is 6.17 Å². The normalized spacial score (nSPS) is 45.9. The third-order valence-corrected chi connectivity index (χ3v) is 6.88. The minimum atomic E-state index is 0.650. The molecule has 5 fully saturated rings. The Balaban J connectivity index is 1.37. The first-order valence-corrected chi connectivity index (χ1v) is 9.42. The van der Waals surface area contributed by atoms with Gasteiger partial charge in [-0.1, -0.05) is 38.5 Å². The molecule has 2 aliphatic heterocycles. The predicted octanol–water partition coefficient (Wildman–Crippen LogP) is 3.81. The van der Waals surface area contributed by atoms with Crippen LogP contribution in [0.1, 0.15) is 77.0 Å². The standard InChI is InChI=1S/C18H32N2/c1-2-5-13(6-3-1)16-7-4-8-17(16)20-18-14-9-11-15(19-18)12-10-14/h13-20H,1-12H2/t14?,15?,16-,17-,18?/m1/s1. The number of nitrogens with one attached hydrogen (secondary N) is 2. The summed E-state index contributed by atoms with van der Waals surface area (Å²) in [4.78, 5) is 0. The molecule has 1 unspecified atom stereocenters. The predicted molar refractivity (Wildman–Crippen MR) is 83.5 cm³/mol. The smallest absolute Gasteiger partial charge is 0.0605 e. The molecule has 20 heavy (non-hydrogen) atoms. The van der Waals surface area contributed by atoms with Crippen LogP contribution in [0.3, 0.4) is 0 Å². The molecular formula is C18H32N2. The largest absolute Gasteiger partial charge is 0.299 e. The van der Waals surface area contributed by atoms with E-state index in [2.05, 4.69) is 10.6 Å². The first-order valence-electron chi connectivity index (χ1n) is 9.42. The molecule has 2 saturated heterocycles. The van der Waals surface area contributed by atoms with Gasteiger partial charge in [0.1, 0.15) is 0 Å². The summed E-state index contributed by atoms with van der Waals surface area (Å²) in [5.74, 6) is 2.97. The van der Waals surface area contributed by atoms with E-state index >= 15 is 0 Å². The van der Waals surface area contributed by atoms with Gasteiger partial charge in [-0.2, -0.15) is 0 Å². The van der Waals surface area contributed by atoms with E-state index in [9.17, 15) is 0 Å². The van der Waals surface area contributed by atoms with Gasteiger partial charge in [-0.25, -0.2) is 0 Å². The molecule has 2 nitrogen and oxygen atoms in total. The van der Waals surface area contributed by atoms with Crippen LogP contribution in [0.2, 0.25) is 0 Å². The van der Waals surface area contributed by atoms with E-state index in [1.54, 1.807) is 0 Å². The van der Waals surface area contributed by atoms with Gasteiger partial charge < -0.3 is 0 Å². The minimum absolute atomic E-state index is 0.650. The molecule has 0 aromatic rings. The fourth-order valence-electron chi connectivity index (χ4n) is 5.75. The van der Waals surface area contributed by atoms with Gasteiger partial charge in [0.2, 0.25) is 0 Å². The van der Waals surface area contributed by atoms with Crippen molar-refractivity contribution >= 4 is 0 Å². The molecule has 0 aromatic carbocycles. The zero-order valence-corrected chi connectivity index (χ0v) is 12.9. The molecule has 3 aliphatic carbocycles. The van der Waals surface area contributed by atoms with Gasteiger partial charge in [0, 0.05) is 12.1 Å². The molecule has 0 amide bonds. The Kier molecular flexibility index (Phi) is 4.05. The summed E-state index contributed by atoms with van der Waals surface area (Å²) in [5, 5.41) is 7.98. The molecular weight excluding hydrogens is 244 g/mol. The summed E-state index contributed by atoms with van der Waals surface area (Å²) in [6, 6.07) is 1.65. The first-order chi connectivity index (χ1) is 9.90. The number of piperidine rings is 2. The Morgan fingerprint density at radius 2 is 1.45 bits per heavy atom. The van der Waals surface area contributed by atoms with E-state index < -0.39 is 0 Å². The van der Waals surface area contributed by atoms with Crippen LogP contribution in [0.5, 0.6) is 0 Å². The second-order valence-corrected chi connectivity index (χ2v) is 8.02. The molecule has 0 aromatic heterocycles. The van der Waals surface area contributed by atoms with E-state index in [0.29, 0.717) is 6.17 Å². The summed E-state index contributed by atoms with van der Waals surface area (Å²) >= 11 is 0. The van der Waals surface area contributed by atoms with Crippen molar-refractivity contribution in [1.29, 1.82) is 0 Å². The van der Waals surface area contributed by atoms with Crippen LogP contribution in [0, 0.1) is 17.8 Å². The number of rotatable bonds is 3. The van der Waals surface area contributed by atoms with Crippen LogP contribution in [-0.4, -0.2) is 18.2 Å². The van der Waals surface area contributed by atoms with Crippen LogP contribution in [0.15, 0.2) is 0 Å². The molecule has 3 atom stereocenters. The quantitative estimate of drug-likeness (QED) is 0.819. The number of hydrogen-bond donors (Lipinski definition) is 2. The zero-order valence-electron chi connectivity index (χ0n) is 12.9. The monoisotopic (exact) mass is 276 g/mol. The highest BCUT2D eigenvalue weighted by Gasteiger charge is 2.40. The van der Waals surface area contributed by atoms with Crippen molar-refractivity contribution in [3.8, 4) is 0 Å². The van der Waals surface area contributed by atoms with E-state index in [4.69, 9.17) is 0 Å². The average molecular weight is 276 g/mol. The first kappa shape index (κ1) is 13.6. The van der Waals surface area contributed by atoms with Crippen molar-refractivity contribution in [1.82, 2.24) is 10.6 Å². The fourth-order valence-corrected chi connectivity index (χ4v) is 5.75. The second kappa shape index (κ2) is 5.96. The second-order valence-electron chi connectivity index (χ2n) is 8.02. The summed E-state index contributed by atoms with van der Waals surface area (Å²) in [6.45, 7) is 0. The van der Waals surface area contributed by atoms with Gasteiger partial charge >= 0.3 is 0 Å². The van der Waals surface area contributed by atoms with E-state index in [1.165, 1.54) is 77.0 Å². The molecule has 2 bridgehead atoms. The Bertz CT molecular complexity index is 315. The molecule has 114 valence electrons. The maximum absolute atomic E-state index is 4.09. The topological polar surface area (TPSA) is 24.1 Å². The third kappa shape index (κ3) is 2.66. The molecule has 2 heterocycles. The summed E-state index contributed by atoms with van der Waals surface area (Å²) in [6.07, 6.45) is 18.4. The summed E-state index contributed by atoms with van der Waals surface area (Å²) in [7, 11) is 0. The van der Waals surface area contributed by atoms with Crippen LogP contribution >= 0.6 is 0 Å². The molecule has 0 radical (unpaired) electrons. The molecule has 5 rings (SSSR count). The Hall–Kier alpha value is -0.0800. The van der Waals surface area contributed by atoms with Crippen molar-refractivity contribution < 1.29 is 0 Å². The van der Waals surface area contributed by atoms with E-state index in [0.717, 1.165) is 29.8 Å². The Morgan fingerprint density at radius 1 is 0.650 bits per heavy atom. The van der Waals surface area contributed by atoms with Gasteiger partial charge in [0.25, 0.3) is 0 Å². The fraction of sp³-hybridized carbons (Fsp3) is 1.00. The lowest BCUT2D eigenvalue weighted by Crippen LogP contribution is -2.61. The van der Waals surface area contributed by atoms with Crippen LogP contribution in [0.4, 0.5) is 0 Å². The molecule has 5 aliphatic rings. The van der Waals surface area contributed by atoms with Crippen molar-refractivity contribution in [3.63, 3.8) is 0 Å². The third-order valence-electron chi connectivity index (χ3n) is 6.88. The van der Waals surface area contributed by atoms with Crippen molar-refractivity contribution in [2.24, 2.45) is 17.8 Å². The van der Waals surface area contributed by atoms with Crippen LogP contribution in [-0.2, 0) is 0 Å². The van der Waals surface area contributed by atoms with Crippen LogP contribution < -0.4 is 10.6 Å². The summed E-state index contributed by atoms with van der Waals surface area (Å²) < 4.78 is 0. The maximum Gasteiger partial charge on any atom is 0.0605 e. The van der Waals surface area contributed by atoms with Gasteiger partial charge in [-0.05, 0) is 56.3 Å². The molecule has 2 heteroatoms. The number of hydrogen-bond acceptors (Lipinski definition) is 2. The number of fused-ring (bicyclic) bond motifs is 3. The summed E-state index contributed by atoms with van der Waals surface area (Å²) in [5.41, 5.74) is 0. The molecule has 3 saturated carbocycles. The minimum Gasteiger partial charge on any atom is -0.299 e. The van der Waals surface area contributed by atoms with Crippen molar-refractivity contribution in [2.75, 3.05) is 0 Å².